The van der Waals surface area contributed by atoms with Crippen LogP contribution in [0.15, 0.2) is 41.7 Å². The number of nitrogens with zero attached hydrogens (tertiary/aromatic N) is 3. The Labute approximate surface area is 111 Å². The molecule has 0 fully saturated rings. The first-order valence-corrected chi connectivity index (χ1v) is 5.95. The van der Waals surface area contributed by atoms with Crippen LogP contribution in [0, 0.1) is 0 Å². The molecule has 0 bridgehead atoms. The van der Waals surface area contributed by atoms with Crippen molar-refractivity contribution in [2.75, 3.05) is 0 Å². The van der Waals surface area contributed by atoms with Crippen molar-refractivity contribution in [3.05, 3.63) is 53.3 Å². The van der Waals surface area contributed by atoms with Gasteiger partial charge in [-0.2, -0.15) is 5.10 Å². The largest absolute Gasteiger partial charge is 0.409 e. The fourth-order valence-corrected chi connectivity index (χ4v) is 1.79. The van der Waals surface area contributed by atoms with Crippen LogP contribution in [-0.2, 0) is 20.1 Å². The summed E-state index contributed by atoms with van der Waals surface area (Å²) >= 11 is 0. The second kappa shape index (κ2) is 6.01. The van der Waals surface area contributed by atoms with Crippen LogP contribution in [0.25, 0.3) is 0 Å². The van der Waals surface area contributed by atoms with Gasteiger partial charge in [-0.3, -0.25) is 4.68 Å². The zero-order valence-electron chi connectivity index (χ0n) is 10.7. The zero-order chi connectivity index (χ0) is 13.7. The van der Waals surface area contributed by atoms with Crippen LogP contribution < -0.4 is 11.1 Å². The highest BCUT2D eigenvalue weighted by molar-refractivity contribution is 5.97. The summed E-state index contributed by atoms with van der Waals surface area (Å²) in [7, 11) is 1.89. The quantitative estimate of drug-likeness (QED) is 0.321. The van der Waals surface area contributed by atoms with Crippen molar-refractivity contribution in [3.63, 3.8) is 0 Å². The number of hydrogen-bond acceptors (Lipinski definition) is 4. The van der Waals surface area contributed by atoms with Gasteiger partial charge >= 0.3 is 0 Å². The molecular formula is C13H17N5O. The molecule has 1 aromatic carbocycles. The zero-order valence-corrected chi connectivity index (χ0v) is 10.7. The monoisotopic (exact) mass is 259 g/mol. The fraction of sp³-hybridized carbons (Fsp3) is 0.231. The fourth-order valence-electron chi connectivity index (χ4n) is 1.79. The lowest BCUT2D eigenvalue weighted by Gasteiger charge is -2.05. The van der Waals surface area contributed by atoms with E-state index in [1.54, 1.807) is 10.7 Å². The minimum Gasteiger partial charge on any atom is -0.409 e. The summed E-state index contributed by atoms with van der Waals surface area (Å²) < 4.78 is 1.77. The van der Waals surface area contributed by atoms with Crippen LogP contribution >= 0.6 is 0 Å². The molecule has 6 nitrogen and oxygen atoms in total. The van der Waals surface area contributed by atoms with E-state index in [2.05, 4.69) is 15.6 Å². The van der Waals surface area contributed by atoms with Gasteiger partial charge in [-0.15, -0.1) is 0 Å². The van der Waals surface area contributed by atoms with Crippen molar-refractivity contribution in [3.8, 4) is 0 Å². The van der Waals surface area contributed by atoms with Crippen molar-refractivity contribution in [1.29, 1.82) is 0 Å². The molecule has 0 saturated carbocycles. The van der Waals surface area contributed by atoms with E-state index < -0.39 is 0 Å². The lowest BCUT2D eigenvalue weighted by Crippen LogP contribution is -2.16. The number of nitrogens with two attached hydrogens (primary N) is 1. The maximum atomic E-state index is 8.64. The number of benzene rings is 1. The van der Waals surface area contributed by atoms with Gasteiger partial charge in [0.2, 0.25) is 0 Å². The van der Waals surface area contributed by atoms with Gasteiger partial charge in [-0.05, 0) is 17.7 Å². The number of amidine groups is 1. The van der Waals surface area contributed by atoms with Crippen LogP contribution in [-0.4, -0.2) is 20.8 Å². The van der Waals surface area contributed by atoms with Gasteiger partial charge in [0.15, 0.2) is 5.84 Å². The van der Waals surface area contributed by atoms with Crippen LogP contribution in [0.2, 0.25) is 0 Å². The lowest BCUT2D eigenvalue weighted by atomic mass is 10.1. The smallest absolute Gasteiger partial charge is 0.170 e. The predicted octanol–water partition coefficient (Wildman–Crippen LogP) is 0.804. The summed E-state index contributed by atoms with van der Waals surface area (Å²) in [5.74, 6) is 0.117. The average Bonchev–Trinajstić information content (AvgIpc) is 2.84. The third kappa shape index (κ3) is 3.56. The van der Waals surface area contributed by atoms with E-state index >= 15 is 0 Å². The minimum absolute atomic E-state index is 0.117. The Morgan fingerprint density at radius 1 is 1.42 bits per heavy atom. The Kier molecular flexibility index (Phi) is 4.15. The Balaban J connectivity index is 1.92. The number of aryl methyl sites for hydroxylation is 1. The normalized spacial score (nSPS) is 11.7. The standard InChI is InChI=1S/C13H17N5O/c1-18-6-5-12(16-18)9-15-8-10-3-2-4-11(7-10)13(14)17-19/h2-7,15,19H,8-9H2,1H3,(H2,14,17). The molecule has 0 amide bonds. The second-order valence-electron chi connectivity index (χ2n) is 4.27. The molecule has 1 heterocycles. The first kappa shape index (κ1) is 13.1. The maximum absolute atomic E-state index is 8.64. The number of hydrogen-bond donors (Lipinski definition) is 3. The van der Waals surface area contributed by atoms with Crippen LogP contribution in [0.3, 0.4) is 0 Å². The van der Waals surface area contributed by atoms with Crippen molar-refractivity contribution in [1.82, 2.24) is 15.1 Å². The molecule has 0 saturated heterocycles. The van der Waals surface area contributed by atoms with E-state index in [-0.39, 0.29) is 5.84 Å². The average molecular weight is 259 g/mol. The Morgan fingerprint density at radius 3 is 2.95 bits per heavy atom. The van der Waals surface area contributed by atoms with Crippen LogP contribution in [0.5, 0.6) is 0 Å². The third-order valence-electron chi connectivity index (χ3n) is 2.73. The predicted molar refractivity (Wildman–Crippen MR) is 72.7 cm³/mol. The topological polar surface area (TPSA) is 88.5 Å². The van der Waals surface area contributed by atoms with Crippen LogP contribution in [0.1, 0.15) is 16.8 Å². The highest BCUT2D eigenvalue weighted by Crippen LogP contribution is 2.05. The van der Waals surface area contributed by atoms with Crippen molar-refractivity contribution < 1.29 is 5.21 Å². The van der Waals surface area contributed by atoms with Crippen molar-refractivity contribution in [2.45, 2.75) is 13.1 Å². The molecule has 0 aliphatic heterocycles. The molecule has 2 aromatic rings. The molecule has 100 valence electrons. The lowest BCUT2D eigenvalue weighted by molar-refractivity contribution is 0.318. The van der Waals surface area contributed by atoms with Gasteiger partial charge in [-0.25, -0.2) is 0 Å². The van der Waals surface area contributed by atoms with Gasteiger partial charge in [-0.1, -0.05) is 23.4 Å². The van der Waals surface area contributed by atoms with Gasteiger partial charge in [0.1, 0.15) is 0 Å². The molecule has 2 rings (SSSR count). The summed E-state index contributed by atoms with van der Waals surface area (Å²) in [5.41, 5.74) is 8.33. The molecule has 0 spiro atoms. The molecule has 6 heteroatoms. The Morgan fingerprint density at radius 2 is 2.26 bits per heavy atom. The molecule has 4 N–H and O–H groups in total. The molecule has 0 unspecified atom stereocenters. The summed E-state index contributed by atoms with van der Waals surface area (Å²) in [6.45, 7) is 1.40. The van der Waals surface area contributed by atoms with E-state index in [1.165, 1.54) is 0 Å². The Bertz CT molecular complexity index is 576. The van der Waals surface area contributed by atoms with E-state index in [0.717, 1.165) is 11.3 Å². The third-order valence-corrected chi connectivity index (χ3v) is 2.73. The summed E-state index contributed by atoms with van der Waals surface area (Å²) in [5, 5.41) is 19.2. The molecule has 0 aliphatic carbocycles. The number of aromatic nitrogens is 2. The highest BCUT2D eigenvalue weighted by atomic mass is 16.4. The molecule has 19 heavy (non-hydrogen) atoms. The first-order valence-electron chi connectivity index (χ1n) is 5.95. The van der Waals surface area contributed by atoms with Crippen LogP contribution in [0.4, 0.5) is 0 Å². The van der Waals surface area contributed by atoms with Gasteiger partial charge in [0, 0.05) is 31.9 Å². The molecular weight excluding hydrogens is 242 g/mol. The minimum atomic E-state index is 0.117. The maximum Gasteiger partial charge on any atom is 0.170 e. The number of nitrogens with one attached hydrogen (secondary N) is 1. The van der Waals surface area contributed by atoms with E-state index in [0.29, 0.717) is 18.7 Å². The van der Waals surface area contributed by atoms with Gasteiger partial charge < -0.3 is 16.3 Å². The molecule has 1 aromatic heterocycles. The number of rotatable bonds is 5. The Hall–Kier alpha value is -2.34. The molecule has 0 atom stereocenters. The van der Waals surface area contributed by atoms with Gasteiger partial charge in [0.25, 0.3) is 0 Å². The van der Waals surface area contributed by atoms with Crippen molar-refractivity contribution in [2.24, 2.45) is 17.9 Å². The van der Waals surface area contributed by atoms with Gasteiger partial charge in [0.05, 0.1) is 5.69 Å². The highest BCUT2D eigenvalue weighted by Gasteiger charge is 2.01. The molecule has 0 aliphatic rings. The SMILES string of the molecule is Cn1ccc(CNCc2cccc(/C(N)=N/O)c2)n1. The van der Waals surface area contributed by atoms with E-state index in [4.69, 9.17) is 10.9 Å². The number of oxime groups is 1. The molecule has 0 radical (unpaired) electrons. The summed E-state index contributed by atoms with van der Waals surface area (Å²) in [4.78, 5) is 0. The van der Waals surface area contributed by atoms with Crippen molar-refractivity contribution >= 4 is 5.84 Å². The summed E-state index contributed by atoms with van der Waals surface area (Å²) in [6.07, 6.45) is 1.91. The first-order chi connectivity index (χ1) is 9.19. The van der Waals surface area contributed by atoms with E-state index in [1.807, 2.05) is 37.5 Å². The second-order valence-corrected chi connectivity index (χ2v) is 4.27. The summed E-state index contributed by atoms with van der Waals surface area (Å²) in [6, 6.07) is 9.53. The van der Waals surface area contributed by atoms with E-state index in [9.17, 15) is 0 Å².